The van der Waals surface area contributed by atoms with Gasteiger partial charge >= 0.3 is 0 Å². The van der Waals surface area contributed by atoms with Gasteiger partial charge in [-0.3, -0.25) is 4.79 Å². The summed E-state index contributed by atoms with van der Waals surface area (Å²) in [6, 6.07) is 23.6. The maximum absolute atomic E-state index is 13.8. The Bertz CT molecular complexity index is 1370. The Balaban J connectivity index is 1.35. The summed E-state index contributed by atoms with van der Waals surface area (Å²) >= 11 is 7.30. The second kappa shape index (κ2) is 11.9. The molecule has 184 valence electrons. The molecule has 0 fully saturated rings. The minimum absolute atomic E-state index is 0.165. The Morgan fingerprint density at radius 1 is 1.08 bits per heavy atom. The second-order valence-electron chi connectivity index (χ2n) is 8.07. The summed E-state index contributed by atoms with van der Waals surface area (Å²) in [6.07, 6.45) is 1.65. The largest absolute Gasteiger partial charge is 0.489 e. The zero-order valence-electron chi connectivity index (χ0n) is 19.9. The molecule has 0 bridgehead atoms. The van der Waals surface area contributed by atoms with Crippen molar-refractivity contribution in [1.82, 2.24) is 9.99 Å². The molecule has 0 saturated heterocycles. The lowest BCUT2D eigenvalue weighted by Gasteiger charge is -2.12. The van der Waals surface area contributed by atoms with Gasteiger partial charge in [0.2, 0.25) is 5.91 Å². The highest BCUT2D eigenvalue weighted by molar-refractivity contribution is 8.00. The van der Waals surface area contributed by atoms with Crippen LogP contribution in [0.5, 0.6) is 5.75 Å². The molecule has 3 aromatic carbocycles. The first-order chi connectivity index (χ1) is 17.4. The molecule has 0 aliphatic heterocycles. The summed E-state index contributed by atoms with van der Waals surface area (Å²) in [6.45, 7) is 4.17. The van der Waals surface area contributed by atoms with E-state index in [2.05, 4.69) is 15.1 Å². The number of thioether (sulfide) groups is 1. The Kier molecular flexibility index (Phi) is 8.46. The molecule has 4 rings (SSSR count). The van der Waals surface area contributed by atoms with Crippen LogP contribution in [0.25, 0.3) is 5.69 Å². The predicted molar refractivity (Wildman–Crippen MR) is 144 cm³/mol. The van der Waals surface area contributed by atoms with E-state index in [0.29, 0.717) is 16.3 Å². The third kappa shape index (κ3) is 6.56. The molecule has 1 aromatic heterocycles. The van der Waals surface area contributed by atoms with Crippen molar-refractivity contribution in [3.8, 4) is 11.4 Å². The highest BCUT2D eigenvalue weighted by Gasteiger charge is 2.10. The number of aromatic nitrogens is 1. The summed E-state index contributed by atoms with van der Waals surface area (Å²) in [7, 11) is 0. The highest BCUT2D eigenvalue weighted by Crippen LogP contribution is 2.23. The number of nitrogens with zero attached hydrogens (tertiary/aromatic N) is 2. The Morgan fingerprint density at radius 2 is 1.81 bits per heavy atom. The van der Waals surface area contributed by atoms with Crippen molar-refractivity contribution in [2.75, 3.05) is 5.75 Å². The van der Waals surface area contributed by atoms with Crippen molar-refractivity contribution >= 4 is 35.5 Å². The van der Waals surface area contributed by atoms with E-state index in [1.165, 1.54) is 17.8 Å². The van der Waals surface area contributed by atoms with E-state index in [1.807, 2.05) is 56.3 Å². The molecular weight excluding hydrogens is 497 g/mol. The van der Waals surface area contributed by atoms with Crippen molar-refractivity contribution < 1.29 is 13.9 Å². The molecule has 0 spiro atoms. The maximum Gasteiger partial charge on any atom is 0.250 e. The van der Waals surface area contributed by atoms with Crippen LogP contribution in [0.3, 0.4) is 0 Å². The fraction of sp³-hybridized carbons (Fsp3) is 0.143. The monoisotopic (exact) mass is 521 g/mol. The number of benzene rings is 3. The molecule has 1 heterocycles. The van der Waals surface area contributed by atoms with Crippen LogP contribution in [0.1, 0.15) is 22.5 Å². The molecule has 1 amide bonds. The maximum atomic E-state index is 13.8. The number of hydrogen-bond donors (Lipinski definition) is 1. The molecule has 0 radical (unpaired) electrons. The number of carbonyl (C=O) groups excluding carboxylic acids is 1. The Morgan fingerprint density at radius 3 is 2.53 bits per heavy atom. The van der Waals surface area contributed by atoms with E-state index in [-0.39, 0.29) is 24.1 Å². The van der Waals surface area contributed by atoms with Gasteiger partial charge < -0.3 is 9.30 Å². The lowest BCUT2D eigenvalue weighted by molar-refractivity contribution is -0.118. The molecule has 0 aliphatic carbocycles. The molecule has 5 nitrogen and oxygen atoms in total. The molecule has 4 aromatic rings. The van der Waals surface area contributed by atoms with Crippen LogP contribution < -0.4 is 10.2 Å². The number of nitrogens with one attached hydrogen (secondary N) is 1. The number of rotatable bonds is 9. The number of carbonyl (C=O) groups is 1. The summed E-state index contributed by atoms with van der Waals surface area (Å²) < 4.78 is 21.6. The van der Waals surface area contributed by atoms with E-state index in [0.717, 1.165) is 27.5 Å². The quantitative estimate of drug-likeness (QED) is 0.151. The smallest absolute Gasteiger partial charge is 0.250 e. The minimum Gasteiger partial charge on any atom is -0.489 e. The third-order valence-electron chi connectivity index (χ3n) is 5.49. The van der Waals surface area contributed by atoms with Gasteiger partial charge in [-0.05, 0) is 74.5 Å². The van der Waals surface area contributed by atoms with Crippen LogP contribution in [0.15, 0.2) is 88.9 Å². The summed E-state index contributed by atoms with van der Waals surface area (Å²) in [5.41, 5.74) is 6.97. The van der Waals surface area contributed by atoms with Crippen molar-refractivity contribution in [2.24, 2.45) is 5.10 Å². The van der Waals surface area contributed by atoms with Crippen LogP contribution in [-0.2, 0) is 11.4 Å². The van der Waals surface area contributed by atoms with Crippen molar-refractivity contribution in [3.05, 3.63) is 112 Å². The van der Waals surface area contributed by atoms with Gasteiger partial charge in [0.1, 0.15) is 18.2 Å². The molecule has 0 aliphatic rings. The van der Waals surface area contributed by atoms with Crippen LogP contribution in [0.4, 0.5) is 4.39 Å². The number of hydrazone groups is 1. The Labute approximate surface area is 218 Å². The van der Waals surface area contributed by atoms with E-state index in [1.54, 1.807) is 36.5 Å². The van der Waals surface area contributed by atoms with Crippen LogP contribution in [0.2, 0.25) is 5.02 Å². The van der Waals surface area contributed by atoms with Crippen LogP contribution in [-0.4, -0.2) is 22.4 Å². The first kappa shape index (κ1) is 25.5. The van der Waals surface area contributed by atoms with E-state index >= 15 is 0 Å². The van der Waals surface area contributed by atoms with Gasteiger partial charge in [-0.15, -0.1) is 11.8 Å². The average molecular weight is 522 g/mol. The highest BCUT2D eigenvalue weighted by atomic mass is 35.5. The molecule has 0 saturated carbocycles. The fourth-order valence-corrected chi connectivity index (χ4v) is 4.49. The minimum atomic E-state index is -0.279. The van der Waals surface area contributed by atoms with E-state index in [4.69, 9.17) is 16.3 Å². The number of halogens is 2. The third-order valence-corrected chi connectivity index (χ3v) is 6.76. The predicted octanol–water partition coefficient (Wildman–Crippen LogP) is 6.71. The van der Waals surface area contributed by atoms with Crippen LogP contribution in [0, 0.1) is 19.7 Å². The average Bonchev–Trinajstić information content (AvgIpc) is 3.16. The second-order valence-corrected chi connectivity index (χ2v) is 9.56. The zero-order valence-corrected chi connectivity index (χ0v) is 21.4. The summed E-state index contributed by atoms with van der Waals surface area (Å²) in [5.74, 6) is 0.443. The number of aryl methyl sites for hydroxylation is 1. The fourth-order valence-electron chi connectivity index (χ4n) is 3.67. The van der Waals surface area contributed by atoms with Gasteiger partial charge in [0, 0.05) is 38.1 Å². The van der Waals surface area contributed by atoms with Gasteiger partial charge in [0.05, 0.1) is 12.0 Å². The van der Waals surface area contributed by atoms with Gasteiger partial charge in [-0.25, -0.2) is 9.82 Å². The lowest BCUT2D eigenvalue weighted by Crippen LogP contribution is -2.19. The Hall–Kier alpha value is -3.55. The van der Waals surface area contributed by atoms with Crippen molar-refractivity contribution in [3.63, 3.8) is 0 Å². The topological polar surface area (TPSA) is 55.6 Å². The number of amides is 1. The van der Waals surface area contributed by atoms with E-state index < -0.39 is 0 Å². The summed E-state index contributed by atoms with van der Waals surface area (Å²) in [4.78, 5) is 13.1. The lowest BCUT2D eigenvalue weighted by atomic mass is 10.2. The van der Waals surface area contributed by atoms with Gasteiger partial charge in [-0.2, -0.15) is 5.10 Å². The van der Waals surface area contributed by atoms with Gasteiger partial charge in [0.15, 0.2) is 0 Å². The zero-order chi connectivity index (χ0) is 25.5. The van der Waals surface area contributed by atoms with Crippen molar-refractivity contribution in [2.45, 2.75) is 25.3 Å². The van der Waals surface area contributed by atoms with Crippen molar-refractivity contribution in [1.29, 1.82) is 0 Å². The molecule has 36 heavy (non-hydrogen) atoms. The number of ether oxygens (including phenoxy) is 1. The first-order valence-electron chi connectivity index (χ1n) is 11.3. The first-order valence-corrected chi connectivity index (χ1v) is 12.6. The van der Waals surface area contributed by atoms with Gasteiger partial charge in [-0.1, -0.05) is 29.8 Å². The molecule has 1 N–H and O–H groups in total. The standard InChI is InChI=1S/C28H25ClFN3O2S/c1-19-15-22(16-31-32-28(34)18-36-26-13-7-23(29)8-14-26)20(2)33(19)24-9-11-25(12-10-24)35-17-21-5-3-4-6-27(21)30/h3-16H,17-18H2,1-2H3,(H,32,34)/b31-16-. The molecule has 0 atom stereocenters. The van der Waals surface area contributed by atoms with Crippen LogP contribution >= 0.6 is 23.4 Å². The SMILES string of the molecule is Cc1cc(/C=N\NC(=O)CSc2ccc(Cl)cc2)c(C)n1-c1ccc(OCc2ccccc2F)cc1. The molecule has 0 unspecified atom stereocenters. The number of hydrogen-bond acceptors (Lipinski definition) is 4. The molecular formula is C28H25ClFN3O2S. The summed E-state index contributed by atoms with van der Waals surface area (Å²) in [5, 5.41) is 4.79. The van der Waals surface area contributed by atoms with E-state index in [9.17, 15) is 9.18 Å². The molecule has 8 heteroatoms. The van der Waals surface area contributed by atoms with Gasteiger partial charge in [0.25, 0.3) is 0 Å². The normalized spacial score (nSPS) is 11.1.